The first-order chi connectivity index (χ1) is 16.7. The van der Waals surface area contributed by atoms with Crippen molar-refractivity contribution in [3.05, 3.63) is 53.5 Å². The van der Waals surface area contributed by atoms with Gasteiger partial charge in [0.15, 0.2) is 5.78 Å². The lowest BCUT2D eigenvalue weighted by atomic mass is 10.0. The molecule has 1 aliphatic carbocycles. The molecule has 0 saturated heterocycles. The minimum atomic E-state index is -4.35. The van der Waals surface area contributed by atoms with Crippen molar-refractivity contribution in [1.29, 1.82) is 0 Å². The van der Waals surface area contributed by atoms with Gasteiger partial charge in [0.25, 0.3) is 5.91 Å². The van der Waals surface area contributed by atoms with Gasteiger partial charge in [-0.15, -0.1) is 0 Å². The molecule has 0 unspecified atom stereocenters. The molecule has 1 aliphatic rings. The van der Waals surface area contributed by atoms with E-state index in [-0.39, 0.29) is 35.6 Å². The molecule has 0 spiro atoms. The molecular weight excluding hydrogens is 463 g/mol. The van der Waals surface area contributed by atoms with Gasteiger partial charge in [0.1, 0.15) is 17.7 Å². The van der Waals surface area contributed by atoms with Gasteiger partial charge < -0.3 is 16.4 Å². The Labute approximate surface area is 200 Å². The van der Waals surface area contributed by atoms with Gasteiger partial charge in [-0.2, -0.15) is 13.2 Å². The van der Waals surface area contributed by atoms with E-state index in [1.165, 1.54) is 13.4 Å². The van der Waals surface area contributed by atoms with Crippen LogP contribution in [0.2, 0.25) is 0 Å². The molecule has 186 valence electrons. The zero-order chi connectivity index (χ0) is 25.4. The molecule has 2 aromatic rings. The zero-order valence-corrected chi connectivity index (χ0v) is 19.1. The fraction of sp³-hybridized carbons (Fsp3) is 0.391. The summed E-state index contributed by atoms with van der Waals surface area (Å²) >= 11 is 0. The summed E-state index contributed by atoms with van der Waals surface area (Å²) in [5, 5.41) is 5.45. The highest BCUT2D eigenvalue weighted by atomic mass is 19.4. The Morgan fingerprint density at radius 1 is 1.20 bits per heavy atom. The van der Waals surface area contributed by atoms with Crippen LogP contribution in [0.5, 0.6) is 0 Å². The number of rotatable bonds is 11. The summed E-state index contributed by atoms with van der Waals surface area (Å²) < 4.78 is 37.2. The number of carbonyl (C=O) groups excluding carboxylic acids is 2. The second kappa shape index (κ2) is 11.5. The van der Waals surface area contributed by atoms with Crippen molar-refractivity contribution < 1.29 is 22.8 Å². The third-order valence-corrected chi connectivity index (χ3v) is 5.23. The topological polar surface area (TPSA) is 135 Å². The number of nitrogens with zero attached hydrogens (tertiary/aromatic N) is 4. The standard InChI is InChI=1S/C23H26F3N7O2/c1-28-22(35)20(27)15(10-29-9-8-23(24,25)26)4-7-19(34)21-18(32-16-11-30-13-31-12-16)6-5-17(33-21)14-2-3-14/h5-6,10-14,32H,2-4,7-9,27H2,1H3,(H,28,35). The van der Waals surface area contributed by atoms with E-state index in [4.69, 9.17) is 5.73 Å². The minimum absolute atomic E-state index is 0.00315. The number of Topliss-reactive ketones (excluding diaryl/α,β-unsaturated/α-hetero) is 1. The lowest BCUT2D eigenvalue weighted by Gasteiger charge is -2.13. The number of anilines is 2. The van der Waals surface area contributed by atoms with Crippen LogP contribution in [0.25, 0.3) is 0 Å². The molecule has 0 bridgehead atoms. The Hall–Kier alpha value is -3.83. The molecule has 1 fully saturated rings. The van der Waals surface area contributed by atoms with Crippen LogP contribution in [0.15, 0.2) is 47.1 Å². The van der Waals surface area contributed by atoms with Crippen molar-refractivity contribution in [1.82, 2.24) is 20.3 Å². The first-order valence-corrected chi connectivity index (χ1v) is 11.0. The summed E-state index contributed by atoms with van der Waals surface area (Å²) in [6.07, 6.45) is 2.08. The number of allylic oxidation sites excluding steroid dienone is 1. The van der Waals surface area contributed by atoms with Gasteiger partial charge in [0.2, 0.25) is 0 Å². The largest absolute Gasteiger partial charge is 0.394 e. The van der Waals surface area contributed by atoms with Crippen molar-refractivity contribution in [3.63, 3.8) is 0 Å². The van der Waals surface area contributed by atoms with Gasteiger partial charge in [-0.1, -0.05) is 0 Å². The predicted molar refractivity (Wildman–Crippen MR) is 124 cm³/mol. The molecule has 12 heteroatoms. The predicted octanol–water partition coefficient (Wildman–Crippen LogP) is 3.44. The fourth-order valence-corrected chi connectivity index (χ4v) is 3.20. The summed E-state index contributed by atoms with van der Waals surface area (Å²) in [5.74, 6) is -0.622. The van der Waals surface area contributed by atoms with Crippen molar-refractivity contribution in [3.8, 4) is 0 Å². The second-order valence-corrected chi connectivity index (χ2v) is 8.00. The highest BCUT2D eigenvalue weighted by Gasteiger charge is 2.27. The van der Waals surface area contributed by atoms with Gasteiger partial charge in [0, 0.05) is 37.8 Å². The van der Waals surface area contributed by atoms with Gasteiger partial charge >= 0.3 is 6.18 Å². The number of carbonyl (C=O) groups is 2. The maximum atomic E-state index is 13.2. The quantitative estimate of drug-likeness (QED) is 0.250. The molecule has 35 heavy (non-hydrogen) atoms. The van der Waals surface area contributed by atoms with E-state index in [1.807, 2.05) is 6.07 Å². The monoisotopic (exact) mass is 489 g/mol. The number of halogens is 3. The molecule has 0 radical (unpaired) electrons. The van der Waals surface area contributed by atoms with Crippen LogP contribution in [0, 0.1) is 0 Å². The average molecular weight is 490 g/mol. The highest BCUT2D eigenvalue weighted by molar-refractivity contribution is 6.02. The van der Waals surface area contributed by atoms with Crippen LogP contribution in [-0.4, -0.2) is 52.6 Å². The summed E-state index contributed by atoms with van der Waals surface area (Å²) in [7, 11) is 1.37. The molecule has 9 nitrogen and oxygen atoms in total. The summed E-state index contributed by atoms with van der Waals surface area (Å²) in [6, 6.07) is 3.64. The molecule has 1 amide bonds. The molecule has 0 aromatic carbocycles. The van der Waals surface area contributed by atoms with Crippen LogP contribution in [-0.2, 0) is 4.79 Å². The van der Waals surface area contributed by atoms with Crippen molar-refractivity contribution in [2.45, 2.75) is 44.2 Å². The molecule has 2 aromatic heterocycles. The van der Waals surface area contributed by atoms with Crippen molar-refractivity contribution in [2.24, 2.45) is 10.7 Å². The van der Waals surface area contributed by atoms with Crippen LogP contribution in [0.4, 0.5) is 24.5 Å². The number of amides is 1. The number of nitrogens with one attached hydrogen (secondary N) is 2. The number of ketones is 1. The maximum Gasteiger partial charge on any atom is 0.390 e. The zero-order valence-electron chi connectivity index (χ0n) is 19.1. The Bertz CT molecular complexity index is 1110. The van der Waals surface area contributed by atoms with E-state index in [2.05, 4.69) is 30.6 Å². The van der Waals surface area contributed by atoms with Crippen molar-refractivity contribution >= 4 is 29.3 Å². The molecule has 3 rings (SSSR count). The minimum Gasteiger partial charge on any atom is -0.394 e. The highest BCUT2D eigenvalue weighted by Crippen LogP contribution is 2.40. The Balaban J connectivity index is 1.79. The molecule has 0 atom stereocenters. The molecule has 0 aliphatic heterocycles. The summed E-state index contributed by atoms with van der Waals surface area (Å²) in [4.78, 5) is 41.4. The van der Waals surface area contributed by atoms with E-state index in [1.54, 1.807) is 18.5 Å². The van der Waals surface area contributed by atoms with E-state index < -0.39 is 25.0 Å². The summed E-state index contributed by atoms with van der Waals surface area (Å²) in [6.45, 7) is -0.514. The van der Waals surface area contributed by atoms with E-state index in [9.17, 15) is 22.8 Å². The maximum absolute atomic E-state index is 13.2. The molecule has 4 N–H and O–H groups in total. The SMILES string of the molecule is CNC(=O)C(N)=C(C=NCCC(F)(F)F)CCC(=O)c1nc(C2CC2)ccc1Nc1cncnc1. The van der Waals surface area contributed by atoms with Crippen LogP contribution in [0.1, 0.15) is 54.2 Å². The molecular formula is C23H26F3N7O2. The van der Waals surface area contributed by atoms with Gasteiger partial charge in [0.05, 0.1) is 30.2 Å². The van der Waals surface area contributed by atoms with Gasteiger partial charge in [-0.25, -0.2) is 15.0 Å². The van der Waals surface area contributed by atoms with Crippen LogP contribution >= 0.6 is 0 Å². The first-order valence-electron chi connectivity index (χ1n) is 11.0. The van der Waals surface area contributed by atoms with Gasteiger partial charge in [-0.3, -0.25) is 14.6 Å². The Morgan fingerprint density at radius 2 is 1.91 bits per heavy atom. The van der Waals surface area contributed by atoms with Gasteiger partial charge in [-0.05, 0) is 37.0 Å². The molecule has 2 heterocycles. The number of hydrogen-bond donors (Lipinski definition) is 3. The first kappa shape index (κ1) is 25.8. The third-order valence-electron chi connectivity index (χ3n) is 5.23. The second-order valence-electron chi connectivity index (χ2n) is 8.00. The lowest BCUT2D eigenvalue weighted by Crippen LogP contribution is -2.27. The number of nitrogens with two attached hydrogens (primary N) is 1. The number of pyridine rings is 1. The number of hydrogen-bond acceptors (Lipinski definition) is 8. The lowest BCUT2D eigenvalue weighted by molar-refractivity contribution is -0.132. The average Bonchev–Trinajstić information content (AvgIpc) is 3.68. The smallest absolute Gasteiger partial charge is 0.390 e. The van der Waals surface area contributed by atoms with E-state index in [0.29, 0.717) is 17.3 Å². The third kappa shape index (κ3) is 7.87. The van der Waals surface area contributed by atoms with Crippen molar-refractivity contribution in [2.75, 3.05) is 18.9 Å². The molecule has 1 saturated carbocycles. The van der Waals surface area contributed by atoms with Crippen LogP contribution < -0.4 is 16.4 Å². The number of aliphatic imine (C=N–C) groups is 1. The fourth-order valence-electron chi connectivity index (χ4n) is 3.20. The normalized spacial score (nSPS) is 14.5. The Morgan fingerprint density at radius 3 is 2.54 bits per heavy atom. The number of aromatic nitrogens is 3. The number of likely N-dealkylation sites (N-methyl/N-ethyl adjacent to an activating group) is 1. The number of alkyl halides is 3. The Kier molecular flexibility index (Phi) is 8.50. The van der Waals surface area contributed by atoms with E-state index >= 15 is 0 Å². The van der Waals surface area contributed by atoms with E-state index in [0.717, 1.165) is 24.8 Å². The summed E-state index contributed by atoms with van der Waals surface area (Å²) in [5.41, 5.74) is 7.90. The van der Waals surface area contributed by atoms with Crippen LogP contribution in [0.3, 0.4) is 0 Å².